The van der Waals surface area contributed by atoms with Crippen LogP contribution in [0.15, 0.2) is 18.3 Å². The molecule has 3 nitrogen and oxygen atoms in total. The first-order valence-corrected chi connectivity index (χ1v) is 8.05. The van der Waals surface area contributed by atoms with Crippen molar-refractivity contribution >= 4 is 0 Å². The van der Waals surface area contributed by atoms with E-state index in [1.165, 1.54) is 24.8 Å². The van der Waals surface area contributed by atoms with Gasteiger partial charge >= 0.3 is 0 Å². The van der Waals surface area contributed by atoms with Crippen LogP contribution in [0.5, 0.6) is 5.88 Å². The Morgan fingerprint density at radius 2 is 2.05 bits per heavy atom. The predicted molar refractivity (Wildman–Crippen MR) is 80.7 cm³/mol. The number of hydrogen-bond acceptors (Lipinski definition) is 3. The summed E-state index contributed by atoms with van der Waals surface area (Å²) in [7, 11) is 0. The molecule has 2 aliphatic carbocycles. The third-order valence-corrected chi connectivity index (χ3v) is 4.81. The van der Waals surface area contributed by atoms with Crippen molar-refractivity contribution in [2.45, 2.75) is 64.6 Å². The van der Waals surface area contributed by atoms with Gasteiger partial charge in [-0.05, 0) is 55.6 Å². The largest absolute Gasteiger partial charge is 0.474 e. The summed E-state index contributed by atoms with van der Waals surface area (Å²) in [6.07, 6.45) is 8.47. The number of nitrogens with one attached hydrogen (secondary N) is 1. The Morgan fingerprint density at radius 1 is 1.20 bits per heavy atom. The van der Waals surface area contributed by atoms with Gasteiger partial charge < -0.3 is 10.1 Å². The van der Waals surface area contributed by atoms with Crippen molar-refractivity contribution in [1.29, 1.82) is 0 Å². The van der Waals surface area contributed by atoms with Crippen LogP contribution >= 0.6 is 0 Å². The van der Waals surface area contributed by atoms with Gasteiger partial charge in [0.05, 0.1) is 0 Å². The minimum atomic E-state index is 0.348. The number of pyridine rings is 1. The first-order chi connectivity index (χ1) is 9.70. The highest BCUT2D eigenvalue weighted by Crippen LogP contribution is 2.31. The van der Waals surface area contributed by atoms with Crippen molar-refractivity contribution in [2.24, 2.45) is 11.8 Å². The van der Waals surface area contributed by atoms with E-state index in [1.54, 1.807) is 0 Å². The zero-order valence-electron chi connectivity index (χ0n) is 12.6. The Bertz CT molecular complexity index is 444. The van der Waals surface area contributed by atoms with Crippen LogP contribution < -0.4 is 10.1 Å². The van der Waals surface area contributed by atoms with Gasteiger partial charge in [-0.2, -0.15) is 0 Å². The summed E-state index contributed by atoms with van der Waals surface area (Å²) in [5.74, 6) is 2.39. The maximum Gasteiger partial charge on any atom is 0.213 e. The molecule has 1 N–H and O–H groups in total. The topological polar surface area (TPSA) is 34.1 Å². The van der Waals surface area contributed by atoms with E-state index < -0.39 is 0 Å². The molecule has 0 bridgehead atoms. The molecule has 0 aliphatic heterocycles. The van der Waals surface area contributed by atoms with Crippen LogP contribution in [0.2, 0.25) is 0 Å². The summed E-state index contributed by atoms with van der Waals surface area (Å²) in [4.78, 5) is 4.37. The maximum absolute atomic E-state index is 6.10. The molecule has 2 aliphatic rings. The highest BCUT2D eigenvalue weighted by molar-refractivity contribution is 5.20. The Morgan fingerprint density at radius 3 is 2.80 bits per heavy atom. The van der Waals surface area contributed by atoms with Gasteiger partial charge in [0.2, 0.25) is 5.88 Å². The van der Waals surface area contributed by atoms with Crippen molar-refractivity contribution in [2.75, 3.05) is 0 Å². The summed E-state index contributed by atoms with van der Waals surface area (Å²) in [6, 6.07) is 4.92. The second-order valence-corrected chi connectivity index (χ2v) is 6.66. The number of aromatic nitrogens is 1. The van der Waals surface area contributed by atoms with Gasteiger partial charge in [-0.1, -0.05) is 13.8 Å². The van der Waals surface area contributed by atoms with E-state index in [0.29, 0.717) is 6.10 Å². The second-order valence-electron chi connectivity index (χ2n) is 6.66. The minimum Gasteiger partial charge on any atom is -0.474 e. The zero-order chi connectivity index (χ0) is 13.9. The number of hydrogen-bond donors (Lipinski definition) is 1. The Kier molecular flexibility index (Phi) is 4.25. The third-order valence-electron chi connectivity index (χ3n) is 4.81. The van der Waals surface area contributed by atoms with Crippen LogP contribution in [0.3, 0.4) is 0 Å². The van der Waals surface area contributed by atoms with Crippen LogP contribution in [0.1, 0.15) is 51.5 Å². The summed E-state index contributed by atoms with van der Waals surface area (Å²) in [6.45, 7) is 5.62. The Labute approximate surface area is 122 Å². The second kappa shape index (κ2) is 6.13. The molecule has 110 valence electrons. The van der Waals surface area contributed by atoms with E-state index in [2.05, 4.69) is 36.3 Å². The van der Waals surface area contributed by atoms with Crippen molar-refractivity contribution in [3.05, 3.63) is 23.9 Å². The van der Waals surface area contributed by atoms with Gasteiger partial charge in [0.15, 0.2) is 0 Å². The lowest BCUT2D eigenvalue weighted by Gasteiger charge is -2.31. The first kappa shape index (κ1) is 13.9. The fraction of sp³-hybridized carbons (Fsp3) is 0.706. The van der Waals surface area contributed by atoms with Crippen LogP contribution in [0.4, 0.5) is 0 Å². The van der Waals surface area contributed by atoms with Gasteiger partial charge in [0.25, 0.3) is 0 Å². The smallest absolute Gasteiger partial charge is 0.213 e. The van der Waals surface area contributed by atoms with Crippen LogP contribution in [0.25, 0.3) is 0 Å². The van der Waals surface area contributed by atoms with Crippen LogP contribution in [0, 0.1) is 11.8 Å². The fourth-order valence-corrected chi connectivity index (χ4v) is 2.95. The quantitative estimate of drug-likeness (QED) is 0.892. The normalized spacial score (nSPS) is 30.2. The molecule has 2 fully saturated rings. The van der Waals surface area contributed by atoms with Crippen LogP contribution in [-0.2, 0) is 6.54 Å². The summed E-state index contributed by atoms with van der Waals surface area (Å²) in [5, 5.41) is 3.53. The average Bonchev–Trinajstić information content (AvgIpc) is 3.25. The highest BCUT2D eigenvalue weighted by atomic mass is 16.5. The average molecular weight is 274 g/mol. The van der Waals surface area contributed by atoms with Gasteiger partial charge in [-0.15, -0.1) is 0 Å². The van der Waals surface area contributed by atoms with Crippen molar-refractivity contribution in [3.8, 4) is 5.88 Å². The Hall–Kier alpha value is -1.09. The molecule has 1 aromatic heterocycles. The molecule has 3 rings (SSSR count). The van der Waals surface area contributed by atoms with Gasteiger partial charge in [-0.25, -0.2) is 4.98 Å². The van der Waals surface area contributed by atoms with E-state index in [4.69, 9.17) is 4.74 Å². The van der Waals surface area contributed by atoms with Crippen molar-refractivity contribution < 1.29 is 4.74 Å². The molecule has 0 spiro atoms. The fourth-order valence-electron chi connectivity index (χ4n) is 2.95. The summed E-state index contributed by atoms with van der Waals surface area (Å²) < 4.78 is 6.10. The van der Waals surface area contributed by atoms with Gasteiger partial charge in [0.1, 0.15) is 6.10 Å². The molecule has 2 saturated carbocycles. The molecule has 3 unspecified atom stereocenters. The third kappa shape index (κ3) is 3.72. The SMILES string of the molecule is CC1CCC(Oc2cc(CNC3CC3)ccn2)CC1C. The highest BCUT2D eigenvalue weighted by Gasteiger charge is 2.26. The minimum absolute atomic E-state index is 0.348. The van der Waals surface area contributed by atoms with E-state index in [-0.39, 0.29) is 0 Å². The standard InChI is InChI=1S/C17H26N2O/c1-12-3-6-16(9-13(12)2)20-17-10-14(7-8-18-17)11-19-15-4-5-15/h7-8,10,12-13,15-16,19H,3-6,9,11H2,1-2H3. The molecule has 0 radical (unpaired) electrons. The van der Waals surface area contributed by atoms with Crippen molar-refractivity contribution in [3.63, 3.8) is 0 Å². The molecule has 0 saturated heterocycles. The molecule has 1 aromatic rings. The van der Waals surface area contributed by atoms with E-state index in [9.17, 15) is 0 Å². The molecule has 3 atom stereocenters. The molecule has 1 heterocycles. The lowest BCUT2D eigenvalue weighted by Crippen LogP contribution is -2.29. The predicted octanol–water partition coefficient (Wildman–Crippen LogP) is 3.54. The summed E-state index contributed by atoms with van der Waals surface area (Å²) >= 11 is 0. The van der Waals surface area contributed by atoms with E-state index >= 15 is 0 Å². The monoisotopic (exact) mass is 274 g/mol. The lowest BCUT2D eigenvalue weighted by atomic mass is 9.80. The number of rotatable bonds is 5. The van der Waals surface area contributed by atoms with E-state index in [1.807, 2.05) is 6.20 Å². The van der Waals surface area contributed by atoms with Crippen molar-refractivity contribution in [1.82, 2.24) is 10.3 Å². The molecule has 0 amide bonds. The van der Waals surface area contributed by atoms with Gasteiger partial charge in [0, 0.05) is 24.8 Å². The number of nitrogens with zero attached hydrogens (tertiary/aromatic N) is 1. The van der Waals surface area contributed by atoms with Gasteiger partial charge in [-0.3, -0.25) is 0 Å². The first-order valence-electron chi connectivity index (χ1n) is 8.05. The molecule has 3 heteroatoms. The molecule has 0 aromatic carbocycles. The van der Waals surface area contributed by atoms with E-state index in [0.717, 1.165) is 43.1 Å². The Balaban J connectivity index is 1.54. The molecular formula is C17H26N2O. The maximum atomic E-state index is 6.10. The molecular weight excluding hydrogens is 248 g/mol. The molecule has 20 heavy (non-hydrogen) atoms. The zero-order valence-corrected chi connectivity index (χ0v) is 12.6. The summed E-state index contributed by atoms with van der Waals surface area (Å²) in [5.41, 5.74) is 1.28. The van der Waals surface area contributed by atoms with Crippen LogP contribution in [-0.4, -0.2) is 17.1 Å². The lowest BCUT2D eigenvalue weighted by molar-refractivity contribution is 0.0964. The number of ether oxygens (including phenoxy) is 1.